The van der Waals surface area contributed by atoms with Crippen LogP contribution >= 0.6 is 0 Å². The molecule has 0 spiro atoms. The number of benzene rings is 2. The van der Waals surface area contributed by atoms with Crippen LogP contribution in [0.3, 0.4) is 0 Å². The van der Waals surface area contributed by atoms with E-state index >= 15 is 0 Å². The fraction of sp³-hybridized carbons (Fsp3) is 0.368. The second-order valence-corrected chi connectivity index (χ2v) is 6.43. The number of hydrogen-bond donors (Lipinski definition) is 1. The van der Waals surface area contributed by atoms with Gasteiger partial charge in [-0.1, -0.05) is 48.5 Å². The lowest BCUT2D eigenvalue weighted by Gasteiger charge is -2.19. The molecule has 108 valence electrons. The quantitative estimate of drug-likeness (QED) is 0.926. The van der Waals surface area contributed by atoms with Crippen molar-refractivity contribution in [3.05, 3.63) is 59.7 Å². The lowest BCUT2D eigenvalue weighted by atomic mass is 10.0. The lowest BCUT2D eigenvalue weighted by Crippen LogP contribution is -2.28. The van der Waals surface area contributed by atoms with Crippen LogP contribution < -0.4 is 5.32 Å². The first-order valence-electron chi connectivity index (χ1n) is 7.93. The van der Waals surface area contributed by atoms with E-state index in [0.29, 0.717) is 6.04 Å². The molecular weight excluding hydrogens is 256 g/mol. The van der Waals surface area contributed by atoms with Gasteiger partial charge in [-0.15, -0.1) is 0 Å². The zero-order valence-corrected chi connectivity index (χ0v) is 12.5. The highest BCUT2D eigenvalue weighted by Crippen LogP contribution is 2.43. The van der Waals surface area contributed by atoms with E-state index in [0.717, 1.165) is 12.5 Å². The van der Waals surface area contributed by atoms with Crippen LogP contribution in [0.1, 0.15) is 23.6 Å². The van der Waals surface area contributed by atoms with Crippen LogP contribution in [-0.2, 0) is 0 Å². The largest absolute Gasteiger partial charge is 0.306 e. The van der Waals surface area contributed by atoms with Gasteiger partial charge in [-0.05, 0) is 48.2 Å². The van der Waals surface area contributed by atoms with Gasteiger partial charge >= 0.3 is 0 Å². The van der Waals surface area contributed by atoms with Crippen molar-refractivity contribution < 1.29 is 0 Å². The molecule has 0 aromatic heterocycles. The molecule has 1 unspecified atom stereocenters. The minimum atomic E-state index is 0.364. The summed E-state index contributed by atoms with van der Waals surface area (Å²) in [6.07, 6.45) is 1.32. The van der Waals surface area contributed by atoms with Crippen LogP contribution in [0, 0.1) is 5.92 Å². The van der Waals surface area contributed by atoms with Gasteiger partial charge in [0.05, 0.1) is 6.04 Å². The molecule has 1 aliphatic heterocycles. The summed E-state index contributed by atoms with van der Waals surface area (Å²) in [6.45, 7) is 3.57. The first kappa shape index (κ1) is 13.1. The highest BCUT2D eigenvalue weighted by Gasteiger charge is 2.28. The van der Waals surface area contributed by atoms with Crippen molar-refractivity contribution in [2.75, 3.05) is 26.7 Å². The number of fused-ring (bicyclic) bond motifs is 3. The Morgan fingerprint density at radius 2 is 1.62 bits per heavy atom. The van der Waals surface area contributed by atoms with E-state index in [1.807, 2.05) is 0 Å². The summed E-state index contributed by atoms with van der Waals surface area (Å²) in [5, 5.41) is 3.83. The van der Waals surface area contributed by atoms with Gasteiger partial charge in [-0.2, -0.15) is 0 Å². The van der Waals surface area contributed by atoms with E-state index in [9.17, 15) is 0 Å². The Bertz CT molecular complexity index is 604. The molecule has 0 radical (unpaired) electrons. The molecule has 2 aromatic carbocycles. The van der Waals surface area contributed by atoms with Crippen molar-refractivity contribution in [2.24, 2.45) is 5.92 Å². The molecule has 2 aromatic rings. The van der Waals surface area contributed by atoms with Gasteiger partial charge in [-0.25, -0.2) is 0 Å². The number of rotatable bonds is 3. The number of hydrogen-bond acceptors (Lipinski definition) is 2. The van der Waals surface area contributed by atoms with Crippen LogP contribution in [0.4, 0.5) is 0 Å². The predicted octanol–water partition coefficient (Wildman–Crippen LogP) is 3.30. The van der Waals surface area contributed by atoms with Crippen molar-refractivity contribution >= 4 is 0 Å². The molecule has 0 bridgehead atoms. The van der Waals surface area contributed by atoms with Gasteiger partial charge in [0.1, 0.15) is 0 Å². The molecule has 4 rings (SSSR count). The topological polar surface area (TPSA) is 15.3 Å². The van der Waals surface area contributed by atoms with Crippen molar-refractivity contribution in [3.8, 4) is 11.1 Å². The van der Waals surface area contributed by atoms with E-state index in [-0.39, 0.29) is 0 Å². The van der Waals surface area contributed by atoms with Crippen molar-refractivity contribution in [1.29, 1.82) is 0 Å². The molecule has 0 saturated carbocycles. The van der Waals surface area contributed by atoms with Crippen LogP contribution in [0.15, 0.2) is 48.5 Å². The predicted molar refractivity (Wildman–Crippen MR) is 87.3 cm³/mol. The van der Waals surface area contributed by atoms with Crippen LogP contribution in [-0.4, -0.2) is 31.6 Å². The molecule has 2 nitrogen and oxygen atoms in total. The molecule has 1 N–H and O–H groups in total. The summed E-state index contributed by atoms with van der Waals surface area (Å²) < 4.78 is 0. The fourth-order valence-electron chi connectivity index (χ4n) is 3.85. The summed E-state index contributed by atoms with van der Waals surface area (Å²) in [5.74, 6) is 0.787. The zero-order valence-electron chi connectivity index (χ0n) is 12.5. The molecule has 2 aliphatic rings. The van der Waals surface area contributed by atoms with Gasteiger partial charge in [-0.3, -0.25) is 0 Å². The Morgan fingerprint density at radius 3 is 2.19 bits per heavy atom. The van der Waals surface area contributed by atoms with E-state index in [2.05, 4.69) is 65.8 Å². The monoisotopic (exact) mass is 278 g/mol. The average molecular weight is 278 g/mol. The third-order valence-corrected chi connectivity index (χ3v) is 4.93. The summed E-state index contributed by atoms with van der Waals surface area (Å²) >= 11 is 0. The molecule has 21 heavy (non-hydrogen) atoms. The van der Waals surface area contributed by atoms with E-state index in [4.69, 9.17) is 0 Å². The molecular formula is C19H22N2. The second kappa shape index (κ2) is 5.28. The molecule has 0 amide bonds. The second-order valence-electron chi connectivity index (χ2n) is 6.43. The van der Waals surface area contributed by atoms with Crippen LogP contribution in [0.25, 0.3) is 11.1 Å². The van der Waals surface area contributed by atoms with Crippen LogP contribution in [0.5, 0.6) is 0 Å². The van der Waals surface area contributed by atoms with Crippen molar-refractivity contribution in [1.82, 2.24) is 10.2 Å². The summed E-state index contributed by atoms with van der Waals surface area (Å²) in [4.78, 5) is 2.43. The summed E-state index contributed by atoms with van der Waals surface area (Å²) in [5.41, 5.74) is 5.67. The summed E-state index contributed by atoms with van der Waals surface area (Å²) in [6, 6.07) is 18.0. The third kappa shape index (κ3) is 2.29. The van der Waals surface area contributed by atoms with Gasteiger partial charge in [0.25, 0.3) is 0 Å². The number of likely N-dealkylation sites (tertiary alicyclic amines) is 1. The van der Waals surface area contributed by atoms with E-state index in [1.54, 1.807) is 0 Å². The van der Waals surface area contributed by atoms with E-state index in [1.165, 1.54) is 41.8 Å². The standard InChI is InChI=1S/C19H22N2/c1-21-11-10-14(13-21)12-20-19-17-8-4-2-6-15(17)16-7-3-5-9-18(16)19/h2-9,14,19-20H,10-13H2,1H3. The summed E-state index contributed by atoms with van der Waals surface area (Å²) in [7, 11) is 2.22. The normalized spacial score (nSPS) is 21.5. The Kier molecular flexibility index (Phi) is 3.28. The maximum absolute atomic E-state index is 3.83. The Labute approximate surface area is 126 Å². The van der Waals surface area contributed by atoms with Gasteiger partial charge in [0.15, 0.2) is 0 Å². The first-order valence-corrected chi connectivity index (χ1v) is 7.93. The number of nitrogens with zero attached hydrogens (tertiary/aromatic N) is 1. The molecule has 1 fully saturated rings. The SMILES string of the molecule is CN1CCC(CNC2c3ccccc3-c3ccccc32)C1. The first-order chi connectivity index (χ1) is 10.3. The molecule has 1 atom stereocenters. The Hall–Kier alpha value is -1.64. The molecule has 1 heterocycles. The molecule has 1 saturated heterocycles. The van der Waals surface area contributed by atoms with Crippen molar-refractivity contribution in [2.45, 2.75) is 12.5 Å². The van der Waals surface area contributed by atoms with Crippen LogP contribution in [0.2, 0.25) is 0 Å². The van der Waals surface area contributed by atoms with Gasteiger partial charge in [0.2, 0.25) is 0 Å². The average Bonchev–Trinajstić information content (AvgIpc) is 3.07. The maximum atomic E-state index is 3.83. The fourth-order valence-corrected chi connectivity index (χ4v) is 3.85. The minimum Gasteiger partial charge on any atom is -0.306 e. The highest BCUT2D eigenvalue weighted by atomic mass is 15.1. The smallest absolute Gasteiger partial charge is 0.0589 e. The van der Waals surface area contributed by atoms with E-state index < -0.39 is 0 Å². The highest BCUT2D eigenvalue weighted by molar-refractivity contribution is 5.78. The third-order valence-electron chi connectivity index (χ3n) is 4.93. The Morgan fingerprint density at radius 1 is 1.00 bits per heavy atom. The van der Waals surface area contributed by atoms with Gasteiger partial charge in [0, 0.05) is 13.1 Å². The Balaban J connectivity index is 1.60. The van der Waals surface area contributed by atoms with Gasteiger partial charge < -0.3 is 10.2 Å². The molecule has 2 heteroatoms. The zero-order chi connectivity index (χ0) is 14.2. The number of nitrogens with one attached hydrogen (secondary N) is 1. The van der Waals surface area contributed by atoms with Crippen molar-refractivity contribution in [3.63, 3.8) is 0 Å². The molecule has 1 aliphatic carbocycles. The lowest BCUT2D eigenvalue weighted by molar-refractivity contribution is 0.384. The maximum Gasteiger partial charge on any atom is 0.0589 e. The minimum absolute atomic E-state index is 0.364.